The zero-order chi connectivity index (χ0) is 15.9. The van der Waals surface area contributed by atoms with Gasteiger partial charge in [-0.15, -0.1) is 11.3 Å². The van der Waals surface area contributed by atoms with E-state index in [1.807, 2.05) is 6.26 Å². The lowest BCUT2D eigenvalue weighted by atomic mass is 10.2. The summed E-state index contributed by atoms with van der Waals surface area (Å²) in [5.74, 6) is 0.127. The third kappa shape index (κ3) is 4.28. The number of benzene rings is 1. The molecule has 0 spiro atoms. The van der Waals surface area contributed by atoms with E-state index in [-0.39, 0.29) is 24.4 Å². The Morgan fingerprint density at radius 3 is 2.95 bits per heavy atom. The van der Waals surface area contributed by atoms with Gasteiger partial charge in [0.2, 0.25) is 0 Å². The molecule has 0 bridgehead atoms. The summed E-state index contributed by atoms with van der Waals surface area (Å²) in [7, 11) is 0. The van der Waals surface area contributed by atoms with Crippen molar-refractivity contribution < 1.29 is 14.3 Å². The highest BCUT2D eigenvalue weighted by molar-refractivity contribution is 7.98. The van der Waals surface area contributed by atoms with E-state index in [1.54, 1.807) is 30.0 Å². The summed E-state index contributed by atoms with van der Waals surface area (Å²) in [5.41, 5.74) is 0.391. The minimum absolute atomic E-state index is 0.0225. The van der Waals surface area contributed by atoms with Crippen LogP contribution in [0.3, 0.4) is 0 Å². The van der Waals surface area contributed by atoms with Gasteiger partial charge in [0.05, 0.1) is 6.20 Å². The fourth-order valence-electron chi connectivity index (χ4n) is 1.95. The van der Waals surface area contributed by atoms with Gasteiger partial charge in [-0.3, -0.25) is 4.79 Å². The largest absolute Gasteiger partial charge is 0.396 e. The van der Waals surface area contributed by atoms with Gasteiger partial charge in [-0.1, -0.05) is 12.1 Å². The Morgan fingerprint density at radius 2 is 2.27 bits per heavy atom. The van der Waals surface area contributed by atoms with Crippen LogP contribution in [0, 0.1) is 5.82 Å². The Morgan fingerprint density at radius 1 is 1.50 bits per heavy atom. The van der Waals surface area contributed by atoms with E-state index in [0.717, 1.165) is 17.1 Å². The van der Waals surface area contributed by atoms with E-state index in [4.69, 9.17) is 5.11 Å². The number of amides is 1. The molecular weight excluding hydrogens is 323 g/mol. The quantitative estimate of drug-likeness (QED) is 0.814. The number of nitrogens with zero attached hydrogens (tertiary/aromatic N) is 1. The first-order valence-electron chi connectivity index (χ1n) is 6.77. The highest BCUT2D eigenvalue weighted by atomic mass is 32.2. The lowest BCUT2D eigenvalue weighted by molar-refractivity contribution is 0.0939. The van der Waals surface area contributed by atoms with E-state index < -0.39 is 0 Å². The molecule has 22 heavy (non-hydrogen) atoms. The average molecular weight is 340 g/mol. The molecule has 0 aliphatic carbocycles. The third-order valence-corrected chi connectivity index (χ3v) is 4.78. The maximum Gasteiger partial charge on any atom is 0.263 e. The molecule has 4 nitrogen and oxygen atoms in total. The number of aliphatic hydroxyl groups excluding tert-OH is 1. The van der Waals surface area contributed by atoms with Crippen molar-refractivity contribution in [3.63, 3.8) is 0 Å². The minimum Gasteiger partial charge on any atom is -0.396 e. The van der Waals surface area contributed by atoms with Crippen molar-refractivity contribution in [2.45, 2.75) is 12.5 Å². The molecule has 0 saturated heterocycles. The molecule has 0 radical (unpaired) electrons. The molecular formula is C15H17FN2O2S2. The van der Waals surface area contributed by atoms with Crippen LogP contribution in [-0.2, 0) is 0 Å². The first-order chi connectivity index (χ1) is 10.7. The summed E-state index contributed by atoms with van der Waals surface area (Å²) >= 11 is 2.76. The predicted octanol–water partition coefficient (Wildman–Crippen LogP) is 2.79. The number of aromatic nitrogens is 1. The molecule has 1 amide bonds. The van der Waals surface area contributed by atoms with Crippen LogP contribution in [0.15, 0.2) is 30.5 Å². The van der Waals surface area contributed by atoms with Gasteiger partial charge in [0.1, 0.15) is 15.7 Å². The van der Waals surface area contributed by atoms with Gasteiger partial charge in [-0.2, -0.15) is 11.8 Å². The highest BCUT2D eigenvalue weighted by Gasteiger charge is 2.17. The predicted molar refractivity (Wildman–Crippen MR) is 88.8 cm³/mol. The van der Waals surface area contributed by atoms with Crippen LogP contribution >= 0.6 is 23.1 Å². The van der Waals surface area contributed by atoms with E-state index in [2.05, 4.69) is 10.3 Å². The number of halogens is 1. The standard InChI is InChI=1S/C15H17FN2O2S2/c1-21-9-10(6-7-19)18-14(20)13-8-17-15(22-13)11-4-2-3-5-12(11)16/h2-5,8,10,19H,6-7,9H2,1H3,(H,18,20). The Kier molecular flexibility index (Phi) is 6.35. The van der Waals surface area contributed by atoms with Crippen molar-refractivity contribution in [3.05, 3.63) is 41.2 Å². The second kappa shape index (κ2) is 8.26. The number of carbonyl (C=O) groups excluding carboxylic acids is 1. The van der Waals surface area contributed by atoms with E-state index in [9.17, 15) is 9.18 Å². The van der Waals surface area contributed by atoms with E-state index in [0.29, 0.717) is 21.9 Å². The fourth-order valence-corrected chi connectivity index (χ4v) is 3.45. The van der Waals surface area contributed by atoms with Gasteiger partial charge in [-0.25, -0.2) is 9.37 Å². The van der Waals surface area contributed by atoms with Crippen molar-refractivity contribution in [2.24, 2.45) is 0 Å². The number of carbonyl (C=O) groups is 1. The smallest absolute Gasteiger partial charge is 0.263 e. The molecule has 2 N–H and O–H groups in total. The number of hydrogen-bond acceptors (Lipinski definition) is 5. The monoisotopic (exact) mass is 340 g/mol. The Hall–Kier alpha value is -1.44. The molecule has 1 heterocycles. The lowest BCUT2D eigenvalue weighted by Gasteiger charge is -2.15. The molecule has 0 aliphatic rings. The van der Waals surface area contributed by atoms with Crippen LogP contribution in [0.25, 0.3) is 10.6 Å². The second-order valence-corrected chi connectivity index (χ2v) is 6.59. The zero-order valence-corrected chi connectivity index (χ0v) is 13.7. The van der Waals surface area contributed by atoms with Gasteiger partial charge in [0.25, 0.3) is 5.91 Å². The molecule has 7 heteroatoms. The second-order valence-electron chi connectivity index (χ2n) is 4.65. The summed E-state index contributed by atoms with van der Waals surface area (Å²) in [5, 5.41) is 12.4. The summed E-state index contributed by atoms with van der Waals surface area (Å²) in [6, 6.07) is 6.26. The van der Waals surface area contributed by atoms with Crippen LogP contribution in [0.2, 0.25) is 0 Å². The highest BCUT2D eigenvalue weighted by Crippen LogP contribution is 2.27. The Balaban J connectivity index is 2.10. The summed E-state index contributed by atoms with van der Waals surface area (Å²) in [6.07, 6.45) is 3.90. The number of nitrogens with one attached hydrogen (secondary N) is 1. The lowest BCUT2D eigenvalue weighted by Crippen LogP contribution is -2.36. The van der Waals surface area contributed by atoms with Crippen molar-refractivity contribution in [3.8, 4) is 10.6 Å². The van der Waals surface area contributed by atoms with Crippen molar-refractivity contribution >= 4 is 29.0 Å². The van der Waals surface area contributed by atoms with Crippen LogP contribution in [-0.4, -0.2) is 40.7 Å². The van der Waals surface area contributed by atoms with Crippen LogP contribution in [0.4, 0.5) is 4.39 Å². The summed E-state index contributed by atoms with van der Waals surface area (Å²) < 4.78 is 13.7. The SMILES string of the molecule is CSCC(CCO)NC(=O)c1cnc(-c2ccccc2F)s1. The molecule has 2 aromatic rings. The van der Waals surface area contributed by atoms with Crippen molar-refractivity contribution in [1.82, 2.24) is 10.3 Å². The number of hydrogen-bond donors (Lipinski definition) is 2. The van der Waals surface area contributed by atoms with Crippen molar-refractivity contribution in [2.75, 3.05) is 18.6 Å². The first-order valence-corrected chi connectivity index (χ1v) is 8.98. The number of thioether (sulfide) groups is 1. The molecule has 1 aromatic carbocycles. The van der Waals surface area contributed by atoms with Gasteiger partial charge in [0.15, 0.2) is 0 Å². The topological polar surface area (TPSA) is 62.2 Å². The van der Waals surface area contributed by atoms with Crippen LogP contribution < -0.4 is 5.32 Å². The Bertz CT molecular complexity index is 628. The normalized spacial score (nSPS) is 12.1. The average Bonchev–Trinajstić information content (AvgIpc) is 2.98. The van der Waals surface area contributed by atoms with Gasteiger partial charge >= 0.3 is 0 Å². The molecule has 0 aliphatic heterocycles. The molecule has 1 unspecified atom stereocenters. The molecule has 0 fully saturated rings. The first kappa shape index (κ1) is 16.9. The van der Waals surface area contributed by atoms with Crippen LogP contribution in [0.5, 0.6) is 0 Å². The van der Waals surface area contributed by atoms with Gasteiger partial charge in [0, 0.05) is 24.0 Å². The minimum atomic E-state index is -0.357. The maximum atomic E-state index is 13.7. The van der Waals surface area contributed by atoms with Crippen LogP contribution in [0.1, 0.15) is 16.1 Å². The molecule has 118 valence electrons. The number of rotatable bonds is 7. The molecule has 1 atom stereocenters. The molecule has 0 saturated carbocycles. The molecule has 2 rings (SSSR count). The molecule has 1 aromatic heterocycles. The zero-order valence-electron chi connectivity index (χ0n) is 12.1. The van der Waals surface area contributed by atoms with Crippen molar-refractivity contribution in [1.29, 1.82) is 0 Å². The van der Waals surface area contributed by atoms with Gasteiger partial charge < -0.3 is 10.4 Å². The third-order valence-electron chi connectivity index (χ3n) is 3.01. The van der Waals surface area contributed by atoms with E-state index in [1.165, 1.54) is 12.3 Å². The maximum absolute atomic E-state index is 13.7. The Labute approximate surface area is 136 Å². The summed E-state index contributed by atoms with van der Waals surface area (Å²) in [4.78, 5) is 16.8. The van der Waals surface area contributed by atoms with Gasteiger partial charge in [-0.05, 0) is 24.8 Å². The number of thiazole rings is 1. The summed E-state index contributed by atoms with van der Waals surface area (Å²) in [6.45, 7) is 0.0225. The van der Waals surface area contributed by atoms with E-state index >= 15 is 0 Å². The fraction of sp³-hybridized carbons (Fsp3) is 0.333. The number of aliphatic hydroxyl groups is 1.